The molecule has 0 spiro atoms. The van der Waals surface area contributed by atoms with Gasteiger partial charge in [0.25, 0.3) is 0 Å². The number of hydrogen-bond acceptors (Lipinski definition) is 6. The summed E-state index contributed by atoms with van der Waals surface area (Å²) in [6, 6.07) is 8.08. The molecule has 2 rings (SSSR count). The van der Waals surface area contributed by atoms with Crippen molar-refractivity contribution in [1.29, 1.82) is 0 Å². The molecule has 0 amide bonds. The molecule has 1 atom stereocenters. The van der Waals surface area contributed by atoms with Gasteiger partial charge in [0.15, 0.2) is 6.23 Å². The number of tetrazole rings is 1. The first-order valence-electron chi connectivity index (χ1n) is 7.00. The van der Waals surface area contributed by atoms with E-state index >= 15 is 0 Å². The lowest BCUT2D eigenvalue weighted by molar-refractivity contribution is 0.114. The Hall–Kier alpha value is -2.15. The van der Waals surface area contributed by atoms with E-state index in [2.05, 4.69) is 31.8 Å². The van der Waals surface area contributed by atoms with Gasteiger partial charge in [-0.2, -0.15) is 4.68 Å². The highest BCUT2D eigenvalue weighted by molar-refractivity contribution is 5.29. The first kappa shape index (κ1) is 15.2. The van der Waals surface area contributed by atoms with E-state index < -0.39 is 0 Å². The Kier molecular flexibility index (Phi) is 5.10. The minimum absolute atomic E-state index is 0.239. The van der Waals surface area contributed by atoms with Gasteiger partial charge in [-0.05, 0) is 42.2 Å². The van der Waals surface area contributed by atoms with Crippen LogP contribution in [0.4, 0.5) is 5.95 Å². The van der Waals surface area contributed by atoms with Crippen LogP contribution in [0.15, 0.2) is 24.3 Å². The van der Waals surface area contributed by atoms with Crippen molar-refractivity contribution in [2.75, 3.05) is 26.5 Å². The summed E-state index contributed by atoms with van der Waals surface area (Å²) in [6.45, 7) is 2.91. The molecule has 0 aliphatic rings. The van der Waals surface area contributed by atoms with Gasteiger partial charge in [-0.15, -0.1) is 0 Å². The molecule has 1 aromatic carbocycles. The second-order valence-electron chi connectivity index (χ2n) is 5.06. The van der Waals surface area contributed by atoms with E-state index in [0.717, 1.165) is 18.7 Å². The largest absolute Gasteiger partial charge is 0.468 e. The zero-order chi connectivity index (χ0) is 15.2. The standard InChI is InChI=1S/C14H22N6O/c1-5-13(20-14(15-2)16-17-18-20)21-12-8-6-7-11(9-12)10-19(3)4/h6-9,13H,5,10H2,1-4H3,(H,15,16,18). The SMILES string of the molecule is CCC(Oc1cccc(CN(C)C)c1)n1nnnc1NC. The van der Waals surface area contributed by atoms with Crippen LogP contribution in [0, 0.1) is 0 Å². The van der Waals surface area contributed by atoms with Crippen LogP contribution < -0.4 is 10.1 Å². The van der Waals surface area contributed by atoms with Crippen molar-refractivity contribution in [3.05, 3.63) is 29.8 Å². The van der Waals surface area contributed by atoms with Crippen molar-refractivity contribution in [3.8, 4) is 5.75 Å². The van der Waals surface area contributed by atoms with Crippen molar-refractivity contribution in [2.45, 2.75) is 26.1 Å². The minimum Gasteiger partial charge on any atom is -0.468 e. The molecule has 2 aromatic rings. The Morgan fingerprint density at radius 1 is 1.38 bits per heavy atom. The molecule has 1 unspecified atom stereocenters. The molecule has 7 nitrogen and oxygen atoms in total. The zero-order valence-corrected chi connectivity index (χ0v) is 12.9. The van der Waals surface area contributed by atoms with Crippen LogP contribution in [-0.4, -0.2) is 46.3 Å². The van der Waals surface area contributed by atoms with Gasteiger partial charge in [0.1, 0.15) is 5.75 Å². The maximum absolute atomic E-state index is 6.03. The van der Waals surface area contributed by atoms with Crippen LogP contribution in [0.3, 0.4) is 0 Å². The van der Waals surface area contributed by atoms with Gasteiger partial charge >= 0.3 is 0 Å². The average Bonchev–Trinajstić information content (AvgIpc) is 2.92. The van der Waals surface area contributed by atoms with E-state index in [1.807, 2.05) is 39.2 Å². The first-order chi connectivity index (χ1) is 10.1. The topological polar surface area (TPSA) is 68.1 Å². The highest BCUT2D eigenvalue weighted by Crippen LogP contribution is 2.22. The molecule has 1 heterocycles. The van der Waals surface area contributed by atoms with Crippen molar-refractivity contribution in [3.63, 3.8) is 0 Å². The number of aromatic nitrogens is 4. The highest BCUT2D eigenvalue weighted by Gasteiger charge is 2.16. The highest BCUT2D eigenvalue weighted by atomic mass is 16.5. The summed E-state index contributed by atoms with van der Waals surface area (Å²) in [5.74, 6) is 1.41. The predicted octanol–water partition coefficient (Wildman–Crippen LogP) is 1.76. The number of anilines is 1. The molecular formula is C14H22N6O. The lowest BCUT2D eigenvalue weighted by atomic mass is 10.2. The Labute approximate surface area is 124 Å². The molecule has 0 aliphatic carbocycles. The molecule has 0 saturated heterocycles. The fourth-order valence-corrected chi connectivity index (χ4v) is 2.10. The van der Waals surface area contributed by atoms with Crippen molar-refractivity contribution >= 4 is 5.95 Å². The molecule has 114 valence electrons. The number of rotatable bonds is 7. The van der Waals surface area contributed by atoms with Crippen LogP contribution in [0.1, 0.15) is 25.1 Å². The van der Waals surface area contributed by atoms with E-state index in [-0.39, 0.29) is 6.23 Å². The zero-order valence-electron chi connectivity index (χ0n) is 12.9. The first-order valence-corrected chi connectivity index (χ1v) is 7.00. The maximum atomic E-state index is 6.03. The molecule has 7 heteroatoms. The summed E-state index contributed by atoms with van der Waals surface area (Å²) in [5.41, 5.74) is 1.21. The lowest BCUT2D eigenvalue weighted by Gasteiger charge is -2.19. The van der Waals surface area contributed by atoms with Crippen molar-refractivity contribution in [1.82, 2.24) is 25.1 Å². The molecule has 1 aromatic heterocycles. The molecule has 0 radical (unpaired) electrons. The van der Waals surface area contributed by atoms with Gasteiger partial charge in [0, 0.05) is 20.0 Å². The summed E-state index contributed by atoms with van der Waals surface area (Å²) >= 11 is 0. The Balaban J connectivity index is 2.15. The van der Waals surface area contributed by atoms with Crippen LogP contribution in [0.2, 0.25) is 0 Å². The van der Waals surface area contributed by atoms with Gasteiger partial charge in [0.05, 0.1) is 0 Å². The molecular weight excluding hydrogens is 268 g/mol. The predicted molar refractivity (Wildman–Crippen MR) is 81.2 cm³/mol. The second kappa shape index (κ2) is 7.03. The number of hydrogen-bond donors (Lipinski definition) is 1. The molecule has 1 N–H and O–H groups in total. The van der Waals surface area contributed by atoms with Crippen LogP contribution >= 0.6 is 0 Å². The van der Waals surface area contributed by atoms with E-state index in [0.29, 0.717) is 5.95 Å². The van der Waals surface area contributed by atoms with Gasteiger partial charge in [-0.25, -0.2) is 0 Å². The van der Waals surface area contributed by atoms with Gasteiger partial charge in [0.2, 0.25) is 5.95 Å². The maximum Gasteiger partial charge on any atom is 0.246 e. The van der Waals surface area contributed by atoms with Crippen molar-refractivity contribution < 1.29 is 4.74 Å². The smallest absolute Gasteiger partial charge is 0.246 e. The summed E-state index contributed by atoms with van der Waals surface area (Å²) in [6.07, 6.45) is 0.523. The lowest BCUT2D eigenvalue weighted by Crippen LogP contribution is -2.19. The van der Waals surface area contributed by atoms with E-state index in [9.17, 15) is 0 Å². The third kappa shape index (κ3) is 3.91. The Morgan fingerprint density at radius 3 is 2.86 bits per heavy atom. The Morgan fingerprint density at radius 2 is 2.19 bits per heavy atom. The van der Waals surface area contributed by atoms with Gasteiger partial charge < -0.3 is 15.0 Å². The molecule has 0 bridgehead atoms. The van der Waals surface area contributed by atoms with E-state index in [1.165, 1.54) is 5.56 Å². The molecule has 0 fully saturated rings. The van der Waals surface area contributed by atoms with Gasteiger partial charge in [-0.1, -0.05) is 24.2 Å². The summed E-state index contributed by atoms with van der Waals surface area (Å²) in [7, 11) is 5.87. The fraction of sp³-hybridized carbons (Fsp3) is 0.500. The van der Waals surface area contributed by atoms with Crippen LogP contribution in [-0.2, 0) is 6.54 Å². The molecule has 21 heavy (non-hydrogen) atoms. The summed E-state index contributed by atoms with van der Waals surface area (Å²) in [5, 5.41) is 14.5. The fourth-order valence-electron chi connectivity index (χ4n) is 2.10. The number of benzene rings is 1. The number of ether oxygens (including phenoxy) is 1. The monoisotopic (exact) mass is 290 g/mol. The molecule has 0 aliphatic heterocycles. The van der Waals surface area contributed by atoms with Crippen LogP contribution in [0.5, 0.6) is 5.75 Å². The normalized spacial score (nSPS) is 12.4. The summed E-state index contributed by atoms with van der Waals surface area (Å²) < 4.78 is 7.69. The van der Waals surface area contributed by atoms with Crippen LogP contribution in [0.25, 0.3) is 0 Å². The summed E-state index contributed by atoms with van der Waals surface area (Å²) in [4.78, 5) is 2.12. The number of nitrogens with one attached hydrogen (secondary N) is 1. The quantitative estimate of drug-likeness (QED) is 0.838. The number of nitrogens with zero attached hydrogens (tertiary/aromatic N) is 5. The third-order valence-electron chi connectivity index (χ3n) is 3.01. The van der Waals surface area contributed by atoms with Crippen molar-refractivity contribution in [2.24, 2.45) is 0 Å². The van der Waals surface area contributed by atoms with Gasteiger partial charge in [-0.3, -0.25) is 0 Å². The van der Waals surface area contributed by atoms with E-state index in [1.54, 1.807) is 11.7 Å². The molecule has 0 saturated carbocycles. The Bertz CT molecular complexity index is 568. The second-order valence-corrected chi connectivity index (χ2v) is 5.06. The third-order valence-corrected chi connectivity index (χ3v) is 3.01. The average molecular weight is 290 g/mol. The minimum atomic E-state index is -0.239. The van der Waals surface area contributed by atoms with E-state index in [4.69, 9.17) is 4.74 Å².